The number of hydrogen-bond donors (Lipinski definition) is 0. The van der Waals surface area contributed by atoms with E-state index >= 15 is 0 Å². The van der Waals surface area contributed by atoms with Crippen molar-refractivity contribution in [2.45, 2.75) is 36.8 Å². The minimum Gasteiger partial charge on any atom is -0.119 e. The predicted molar refractivity (Wildman–Crippen MR) is 59.2 cm³/mol. The molecule has 0 bridgehead atoms. The lowest BCUT2D eigenvalue weighted by Crippen LogP contribution is -2.30. The Morgan fingerprint density at radius 3 is 2.77 bits per heavy atom. The van der Waals surface area contributed by atoms with E-state index in [4.69, 9.17) is 0 Å². The fourth-order valence-electron chi connectivity index (χ4n) is 1.73. The van der Waals surface area contributed by atoms with E-state index in [0.717, 1.165) is 5.92 Å². The zero-order valence-corrected chi connectivity index (χ0v) is 9.32. The molecule has 0 aliphatic carbocycles. The molecule has 1 aliphatic heterocycles. The molecule has 1 heteroatoms. The maximum atomic E-state index is 2.35. The van der Waals surface area contributed by atoms with Crippen LogP contribution in [0.15, 0.2) is 29.2 Å². The van der Waals surface area contributed by atoms with Gasteiger partial charge in [-0.15, -0.1) is 11.8 Å². The summed E-state index contributed by atoms with van der Waals surface area (Å²) in [5, 5.41) is 0. The first-order valence-corrected chi connectivity index (χ1v) is 5.68. The van der Waals surface area contributed by atoms with Crippen molar-refractivity contribution in [2.24, 2.45) is 5.92 Å². The van der Waals surface area contributed by atoms with E-state index in [1.165, 1.54) is 16.9 Å². The Kier molecular flexibility index (Phi) is 2.15. The lowest BCUT2D eigenvalue weighted by molar-refractivity contribution is 0.447. The molecule has 0 nitrogen and oxygen atoms in total. The molecule has 1 heterocycles. The van der Waals surface area contributed by atoms with Gasteiger partial charge in [0.2, 0.25) is 0 Å². The van der Waals surface area contributed by atoms with Crippen molar-refractivity contribution in [2.75, 3.05) is 0 Å². The summed E-state index contributed by atoms with van der Waals surface area (Å²) >= 11 is 2.02. The van der Waals surface area contributed by atoms with Crippen LogP contribution in [-0.4, -0.2) is 4.75 Å². The van der Waals surface area contributed by atoms with Gasteiger partial charge in [-0.3, -0.25) is 0 Å². The van der Waals surface area contributed by atoms with Gasteiger partial charge in [-0.05, 0) is 24.0 Å². The fraction of sp³-hybridized carbons (Fsp3) is 0.500. The molecule has 1 atom stereocenters. The molecule has 0 radical (unpaired) electrons. The second-order valence-corrected chi connectivity index (χ2v) is 6.11. The highest BCUT2D eigenvalue weighted by Gasteiger charge is 2.32. The molecule has 1 aliphatic rings. The summed E-state index contributed by atoms with van der Waals surface area (Å²) in [5.41, 5.74) is 1.53. The van der Waals surface area contributed by atoms with Crippen LogP contribution in [0, 0.1) is 5.92 Å². The third-order valence-electron chi connectivity index (χ3n) is 3.06. The first kappa shape index (κ1) is 9.14. The normalized spacial score (nSPS) is 25.3. The van der Waals surface area contributed by atoms with E-state index in [1.807, 2.05) is 11.8 Å². The summed E-state index contributed by atoms with van der Waals surface area (Å²) < 4.78 is 0.397. The lowest BCUT2D eigenvalue weighted by atomic mass is 9.89. The molecule has 0 aromatic heterocycles. The Balaban J connectivity index is 2.39. The third kappa shape index (κ3) is 1.62. The molecule has 0 N–H and O–H groups in total. The molecule has 1 aromatic rings. The zero-order chi connectivity index (χ0) is 9.47. The quantitative estimate of drug-likeness (QED) is 0.603. The summed E-state index contributed by atoms with van der Waals surface area (Å²) in [7, 11) is 0. The Morgan fingerprint density at radius 1 is 1.31 bits per heavy atom. The van der Waals surface area contributed by atoms with E-state index < -0.39 is 0 Å². The summed E-state index contributed by atoms with van der Waals surface area (Å²) in [6.45, 7) is 7.04. The maximum absolute atomic E-state index is 2.35. The van der Waals surface area contributed by atoms with Crippen molar-refractivity contribution in [3.63, 3.8) is 0 Å². The maximum Gasteiger partial charge on any atom is 0.0179 e. The van der Waals surface area contributed by atoms with Crippen molar-refractivity contribution in [1.29, 1.82) is 0 Å². The molecule has 2 rings (SSSR count). The predicted octanol–water partition coefficient (Wildman–Crippen LogP) is 3.75. The van der Waals surface area contributed by atoms with E-state index in [2.05, 4.69) is 45.0 Å². The Hall–Kier alpha value is -0.430. The Morgan fingerprint density at radius 2 is 2.00 bits per heavy atom. The van der Waals surface area contributed by atoms with E-state index in [0.29, 0.717) is 4.75 Å². The second kappa shape index (κ2) is 3.06. The van der Waals surface area contributed by atoms with E-state index in [9.17, 15) is 0 Å². The number of thioether (sulfide) groups is 1. The van der Waals surface area contributed by atoms with Gasteiger partial charge in [-0.25, -0.2) is 0 Å². The van der Waals surface area contributed by atoms with Crippen LogP contribution in [0.1, 0.15) is 26.3 Å². The second-order valence-electron chi connectivity index (χ2n) is 4.42. The fourth-order valence-corrected chi connectivity index (χ4v) is 3.01. The van der Waals surface area contributed by atoms with Crippen LogP contribution in [-0.2, 0) is 6.42 Å². The third-order valence-corrected chi connectivity index (χ3v) is 4.61. The minimum atomic E-state index is 0.397. The van der Waals surface area contributed by atoms with Gasteiger partial charge in [0.05, 0.1) is 0 Å². The SMILES string of the molecule is CC1Cc2ccccc2SC1(C)C. The molecule has 0 spiro atoms. The number of benzene rings is 1. The topological polar surface area (TPSA) is 0 Å². The summed E-state index contributed by atoms with van der Waals surface area (Å²) in [6, 6.07) is 8.78. The molecule has 1 aromatic carbocycles. The first-order chi connectivity index (χ1) is 6.09. The molecule has 0 saturated carbocycles. The molecule has 1 unspecified atom stereocenters. The van der Waals surface area contributed by atoms with E-state index in [-0.39, 0.29) is 0 Å². The van der Waals surface area contributed by atoms with Crippen LogP contribution in [0.5, 0.6) is 0 Å². The van der Waals surface area contributed by atoms with Gasteiger partial charge in [0.25, 0.3) is 0 Å². The highest BCUT2D eigenvalue weighted by atomic mass is 32.2. The molecule has 0 amide bonds. The van der Waals surface area contributed by atoms with Gasteiger partial charge >= 0.3 is 0 Å². The number of fused-ring (bicyclic) bond motifs is 1. The highest BCUT2D eigenvalue weighted by Crippen LogP contribution is 2.45. The van der Waals surface area contributed by atoms with Gasteiger partial charge in [0.1, 0.15) is 0 Å². The van der Waals surface area contributed by atoms with Crippen LogP contribution in [0.3, 0.4) is 0 Å². The van der Waals surface area contributed by atoms with Crippen LogP contribution < -0.4 is 0 Å². The zero-order valence-electron chi connectivity index (χ0n) is 8.50. The largest absolute Gasteiger partial charge is 0.119 e. The number of hydrogen-bond acceptors (Lipinski definition) is 1. The van der Waals surface area contributed by atoms with Crippen molar-refractivity contribution < 1.29 is 0 Å². The molecular weight excluding hydrogens is 176 g/mol. The van der Waals surface area contributed by atoms with Crippen LogP contribution in [0.25, 0.3) is 0 Å². The van der Waals surface area contributed by atoms with Crippen molar-refractivity contribution in [1.82, 2.24) is 0 Å². The average molecular weight is 192 g/mol. The van der Waals surface area contributed by atoms with E-state index in [1.54, 1.807) is 0 Å². The van der Waals surface area contributed by atoms with Gasteiger partial charge in [0.15, 0.2) is 0 Å². The van der Waals surface area contributed by atoms with Gasteiger partial charge in [0, 0.05) is 9.64 Å². The molecule has 70 valence electrons. The highest BCUT2D eigenvalue weighted by molar-refractivity contribution is 8.00. The van der Waals surface area contributed by atoms with Crippen LogP contribution >= 0.6 is 11.8 Å². The molecular formula is C12H16S. The molecule has 13 heavy (non-hydrogen) atoms. The molecule has 0 fully saturated rings. The van der Waals surface area contributed by atoms with Crippen molar-refractivity contribution >= 4 is 11.8 Å². The van der Waals surface area contributed by atoms with Crippen LogP contribution in [0.2, 0.25) is 0 Å². The van der Waals surface area contributed by atoms with Gasteiger partial charge < -0.3 is 0 Å². The monoisotopic (exact) mass is 192 g/mol. The smallest absolute Gasteiger partial charge is 0.0179 e. The average Bonchev–Trinajstić information content (AvgIpc) is 2.06. The van der Waals surface area contributed by atoms with Crippen molar-refractivity contribution in [3.8, 4) is 0 Å². The summed E-state index contributed by atoms with van der Waals surface area (Å²) in [5.74, 6) is 0.771. The van der Waals surface area contributed by atoms with Crippen LogP contribution in [0.4, 0.5) is 0 Å². The van der Waals surface area contributed by atoms with Crippen molar-refractivity contribution in [3.05, 3.63) is 29.8 Å². The Labute approximate surface area is 84.7 Å². The number of rotatable bonds is 0. The first-order valence-electron chi connectivity index (χ1n) is 4.86. The minimum absolute atomic E-state index is 0.397. The van der Waals surface area contributed by atoms with Gasteiger partial charge in [-0.1, -0.05) is 39.0 Å². The standard InChI is InChI=1S/C12H16S/c1-9-8-10-6-4-5-7-11(10)13-12(9,2)3/h4-7,9H,8H2,1-3H3. The summed E-state index contributed by atoms with van der Waals surface area (Å²) in [6.07, 6.45) is 1.23. The lowest BCUT2D eigenvalue weighted by Gasteiger charge is -2.36. The Bertz CT molecular complexity index is 315. The summed E-state index contributed by atoms with van der Waals surface area (Å²) in [4.78, 5) is 1.48. The molecule has 0 saturated heterocycles. The van der Waals surface area contributed by atoms with Gasteiger partial charge in [-0.2, -0.15) is 0 Å².